The van der Waals surface area contributed by atoms with Gasteiger partial charge in [-0.05, 0) is 47.0 Å². The zero-order valence-corrected chi connectivity index (χ0v) is 12.6. The van der Waals surface area contributed by atoms with Crippen molar-refractivity contribution in [2.75, 3.05) is 5.32 Å². The summed E-state index contributed by atoms with van der Waals surface area (Å²) in [7, 11) is 0. The van der Waals surface area contributed by atoms with Crippen molar-refractivity contribution in [3.05, 3.63) is 46.5 Å². The van der Waals surface area contributed by atoms with Gasteiger partial charge in [0.2, 0.25) is 0 Å². The summed E-state index contributed by atoms with van der Waals surface area (Å²) in [4.78, 5) is 16.3. The van der Waals surface area contributed by atoms with Crippen molar-refractivity contribution in [1.29, 1.82) is 0 Å². The fourth-order valence-corrected chi connectivity index (χ4v) is 2.34. The summed E-state index contributed by atoms with van der Waals surface area (Å²) < 4.78 is 2.86. The Bertz CT molecular complexity index is 592. The number of carbonyl (C=O) groups is 1. The second-order valence-electron chi connectivity index (χ2n) is 4.38. The maximum absolute atomic E-state index is 12.3. The van der Waals surface area contributed by atoms with Gasteiger partial charge in [0.15, 0.2) is 0 Å². The van der Waals surface area contributed by atoms with Crippen LogP contribution in [0.1, 0.15) is 29.4 Å². The predicted molar refractivity (Wildman–Crippen MR) is 79.4 cm³/mol. The number of carbonyl (C=O) groups excluding carboxylic acids is 1. The second kappa shape index (κ2) is 6.02. The first-order chi connectivity index (χ1) is 9.11. The zero-order chi connectivity index (χ0) is 13.8. The SMILES string of the molecule is CCCn1cc(Br)cc1C(=O)Nc1cnccc1C. The van der Waals surface area contributed by atoms with Crippen LogP contribution in [-0.4, -0.2) is 15.5 Å². The van der Waals surface area contributed by atoms with E-state index in [-0.39, 0.29) is 5.91 Å². The van der Waals surface area contributed by atoms with E-state index in [9.17, 15) is 4.79 Å². The fraction of sp³-hybridized carbons (Fsp3) is 0.286. The van der Waals surface area contributed by atoms with Crippen LogP contribution < -0.4 is 5.32 Å². The normalized spacial score (nSPS) is 10.5. The molecule has 1 N–H and O–H groups in total. The molecule has 5 heteroatoms. The van der Waals surface area contributed by atoms with Gasteiger partial charge in [0.05, 0.1) is 11.9 Å². The molecule has 2 heterocycles. The van der Waals surface area contributed by atoms with Gasteiger partial charge < -0.3 is 9.88 Å². The lowest BCUT2D eigenvalue weighted by molar-refractivity contribution is 0.101. The van der Waals surface area contributed by atoms with E-state index in [0.29, 0.717) is 5.69 Å². The average molecular weight is 322 g/mol. The van der Waals surface area contributed by atoms with Crippen molar-refractivity contribution in [3.8, 4) is 0 Å². The Morgan fingerprint density at radius 1 is 1.53 bits per heavy atom. The van der Waals surface area contributed by atoms with E-state index in [1.807, 2.05) is 29.8 Å². The minimum absolute atomic E-state index is 0.116. The maximum Gasteiger partial charge on any atom is 0.272 e. The molecule has 0 radical (unpaired) electrons. The molecule has 2 aromatic rings. The van der Waals surface area contributed by atoms with Crippen LogP contribution in [0.25, 0.3) is 0 Å². The number of amides is 1. The maximum atomic E-state index is 12.3. The quantitative estimate of drug-likeness (QED) is 0.934. The summed E-state index contributed by atoms with van der Waals surface area (Å²) in [5.74, 6) is -0.116. The number of nitrogens with one attached hydrogen (secondary N) is 1. The largest absolute Gasteiger partial charge is 0.342 e. The van der Waals surface area contributed by atoms with Crippen molar-refractivity contribution in [1.82, 2.24) is 9.55 Å². The van der Waals surface area contributed by atoms with E-state index in [0.717, 1.165) is 28.7 Å². The molecule has 0 aliphatic carbocycles. The lowest BCUT2D eigenvalue weighted by Crippen LogP contribution is -2.17. The third-order valence-electron chi connectivity index (χ3n) is 2.85. The highest BCUT2D eigenvalue weighted by Crippen LogP contribution is 2.18. The predicted octanol–water partition coefficient (Wildman–Crippen LogP) is 3.62. The van der Waals surface area contributed by atoms with E-state index >= 15 is 0 Å². The summed E-state index contributed by atoms with van der Waals surface area (Å²) >= 11 is 3.41. The average Bonchev–Trinajstić information content (AvgIpc) is 2.74. The molecular weight excluding hydrogens is 306 g/mol. The molecular formula is C14H16BrN3O. The Morgan fingerprint density at radius 2 is 2.32 bits per heavy atom. The molecule has 0 atom stereocenters. The van der Waals surface area contributed by atoms with Crippen LogP contribution >= 0.6 is 15.9 Å². The number of aryl methyl sites for hydroxylation is 2. The highest BCUT2D eigenvalue weighted by Gasteiger charge is 2.13. The van der Waals surface area contributed by atoms with E-state index < -0.39 is 0 Å². The number of aromatic nitrogens is 2. The second-order valence-corrected chi connectivity index (χ2v) is 5.30. The number of nitrogens with zero attached hydrogens (tertiary/aromatic N) is 2. The van der Waals surface area contributed by atoms with Gasteiger partial charge in [-0.3, -0.25) is 9.78 Å². The number of rotatable bonds is 4. The number of hydrogen-bond donors (Lipinski definition) is 1. The van der Waals surface area contributed by atoms with Crippen molar-refractivity contribution >= 4 is 27.5 Å². The summed E-state index contributed by atoms with van der Waals surface area (Å²) in [5, 5.41) is 2.90. The number of anilines is 1. The molecule has 0 saturated heterocycles. The van der Waals surface area contributed by atoms with E-state index in [4.69, 9.17) is 0 Å². The standard InChI is InChI=1S/C14H16BrN3O/c1-3-6-18-9-11(15)7-13(18)14(19)17-12-8-16-5-4-10(12)2/h4-5,7-9H,3,6H2,1-2H3,(H,17,19). The van der Waals surface area contributed by atoms with Crippen LogP contribution in [-0.2, 0) is 6.54 Å². The summed E-state index contributed by atoms with van der Waals surface area (Å²) in [6.45, 7) is 4.85. The molecule has 19 heavy (non-hydrogen) atoms. The van der Waals surface area contributed by atoms with Gasteiger partial charge in [0.1, 0.15) is 5.69 Å². The Balaban J connectivity index is 2.23. The molecule has 0 aliphatic rings. The highest BCUT2D eigenvalue weighted by molar-refractivity contribution is 9.10. The van der Waals surface area contributed by atoms with Crippen LogP contribution in [0.15, 0.2) is 35.2 Å². The Morgan fingerprint density at radius 3 is 3.00 bits per heavy atom. The Hall–Kier alpha value is -1.62. The van der Waals surface area contributed by atoms with Gasteiger partial charge in [-0.2, -0.15) is 0 Å². The Kier molecular flexibility index (Phi) is 4.37. The van der Waals surface area contributed by atoms with Crippen LogP contribution in [0.5, 0.6) is 0 Å². The van der Waals surface area contributed by atoms with Gasteiger partial charge in [0.25, 0.3) is 5.91 Å². The van der Waals surface area contributed by atoms with Crippen molar-refractivity contribution in [2.45, 2.75) is 26.8 Å². The van der Waals surface area contributed by atoms with Gasteiger partial charge >= 0.3 is 0 Å². The zero-order valence-electron chi connectivity index (χ0n) is 11.0. The number of pyridine rings is 1. The Labute approximate surface area is 121 Å². The van der Waals surface area contributed by atoms with Crippen molar-refractivity contribution < 1.29 is 4.79 Å². The first-order valence-corrected chi connectivity index (χ1v) is 6.98. The fourth-order valence-electron chi connectivity index (χ4n) is 1.87. The molecule has 0 unspecified atom stereocenters. The molecule has 0 bridgehead atoms. The summed E-state index contributed by atoms with van der Waals surface area (Å²) in [6.07, 6.45) is 6.28. The van der Waals surface area contributed by atoms with Gasteiger partial charge in [-0.25, -0.2) is 0 Å². The first-order valence-electron chi connectivity index (χ1n) is 6.19. The minimum atomic E-state index is -0.116. The summed E-state index contributed by atoms with van der Waals surface area (Å²) in [6, 6.07) is 3.70. The van der Waals surface area contributed by atoms with E-state index in [1.165, 1.54) is 0 Å². The topological polar surface area (TPSA) is 46.9 Å². The van der Waals surface area contributed by atoms with Gasteiger partial charge in [-0.1, -0.05) is 6.92 Å². The van der Waals surface area contributed by atoms with Crippen LogP contribution in [0, 0.1) is 6.92 Å². The van der Waals surface area contributed by atoms with Crippen molar-refractivity contribution in [2.24, 2.45) is 0 Å². The molecule has 0 saturated carbocycles. The first kappa shape index (κ1) is 13.8. The number of halogens is 1. The highest BCUT2D eigenvalue weighted by atomic mass is 79.9. The van der Waals surface area contributed by atoms with Gasteiger partial charge in [0, 0.05) is 23.4 Å². The van der Waals surface area contributed by atoms with Crippen LogP contribution in [0.3, 0.4) is 0 Å². The molecule has 2 aromatic heterocycles. The smallest absolute Gasteiger partial charge is 0.272 e. The van der Waals surface area contributed by atoms with Gasteiger partial charge in [-0.15, -0.1) is 0 Å². The molecule has 0 aliphatic heterocycles. The lowest BCUT2D eigenvalue weighted by atomic mass is 10.2. The van der Waals surface area contributed by atoms with E-state index in [1.54, 1.807) is 12.4 Å². The third kappa shape index (κ3) is 3.23. The third-order valence-corrected chi connectivity index (χ3v) is 3.28. The monoisotopic (exact) mass is 321 g/mol. The number of hydrogen-bond acceptors (Lipinski definition) is 2. The lowest BCUT2D eigenvalue weighted by Gasteiger charge is -2.10. The molecule has 2 rings (SSSR count). The van der Waals surface area contributed by atoms with Crippen LogP contribution in [0.2, 0.25) is 0 Å². The molecule has 0 fully saturated rings. The minimum Gasteiger partial charge on any atom is -0.342 e. The molecule has 100 valence electrons. The summed E-state index contributed by atoms with van der Waals surface area (Å²) in [5.41, 5.74) is 2.39. The molecule has 4 nitrogen and oxygen atoms in total. The van der Waals surface area contributed by atoms with E-state index in [2.05, 4.69) is 33.2 Å². The van der Waals surface area contributed by atoms with Crippen LogP contribution in [0.4, 0.5) is 5.69 Å². The molecule has 0 aromatic carbocycles. The molecule has 0 spiro atoms. The van der Waals surface area contributed by atoms with Crippen molar-refractivity contribution in [3.63, 3.8) is 0 Å². The molecule has 1 amide bonds.